The van der Waals surface area contributed by atoms with E-state index < -0.39 is 0 Å². The van der Waals surface area contributed by atoms with Crippen molar-refractivity contribution in [3.8, 4) is 5.75 Å². The second kappa shape index (κ2) is 5.19. The first-order valence-corrected chi connectivity index (χ1v) is 4.17. The van der Waals surface area contributed by atoms with Crippen molar-refractivity contribution < 1.29 is 14.6 Å². The molecule has 0 radical (unpaired) electrons. The van der Waals surface area contributed by atoms with Gasteiger partial charge < -0.3 is 9.84 Å². The van der Waals surface area contributed by atoms with Crippen LogP contribution in [-0.4, -0.2) is 18.2 Å². The fourth-order valence-corrected chi connectivity index (χ4v) is 1.30. The van der Waals surface area contributed by atoms with Crippen molar-refractivity contribution in [3.05, 3.63) is 29.8 Å². The third-order valence-electron chi connectivity index (χ3n) is 1.82. The molecule has 1 heterocycles. The lowest BCUT2D eigenvalue weighted by molar-refractivity contribution is -0.122. The van der Waals surface area contributed by atoms with E-state index in [0.29, 0.717) is 0 Å². The highest BCUT2D eigenvalue weighted by molar-refractivity contribution is 5.34. The highest BCUT2D eigenvalue weighted by Crippen LogP contribution is 2.22. The van der Waals surface area contributed by atoms with Crippen molar-refractivity contribution in [2.75, 3.05) is 6.61 Å². The zero-order chi connectivity index (χ0) is 9.52. The molecule has 0 fully saturated rings. The van der Waals surface area contributed by atoms with Gasteiger partial charge in [0, 0.05) is 0 Å². The lowest BCUT2D eigenvalue weighted by atomic mass is 10.1. The highest BCUT2D eigenvalue weighted by Gasteiger charge is 2.06. The minimum atomic E-state index is -0.250. The monoisotopic (exact) mass is 180 g/mol. The first-order valence-electron chi connectivity index (χ1n) is 4.17. The first kappa shape index (κ1) is 9.58. The molecule has 2 rings (SSSR count). The molecule has 0 aliphatic carbocycles. The Kier molecular flexibility index (Phi) is 3.82. The summed E-state index contributed by atoms with van der Waals surface area (Å²) in [6.07, 6.45) is 2.34. The van der Waals surface area contributed by atoms with Gasteiger partial charge >= 0.3 is 0 Å². The van der Waals surface area contributed by atoms with E-state index in [4.69, 9.17) is 14.6 Å². The van der Waals surface area contributed by atoms with Crippen LogP contribution in [0.3, 0.4) is 0 Å². The van der Waals surface area contributed by atoms with E-state index in [2.05, 4.69) is 12.1 Å². The molecule has 3 nitrogen and oxygen atoms in total. The Labute approximate surface area is 77.0 Å². The Morgan fingerprint density at radius 1 is 1.38 bits per heavy atom. The smallest absolute Gasteiger partial charge is 0.290 e. The summed E-state index contributed by atoms with van der Waals surface area (Å²) in [7, 11) is 0. The van der Waals surface area contributed by atoms with E-state index in [1.54, 1.807) is 0 Å². The van der Waals surface area contributed by atoms with Crippen LogP contribution in [0.4, 0.5) is 0 Å². The topological polar surface area (TPSA) is 46.5 Å². The zero-order valence-corrected chi connectivity index (χ0v) is 7.27. The standard InChI is InChI=1S/C9H10O.CH2O2/c1-2-6-9-8(4-1)5-3-7-10-9;2-1-3/h1-2,4,6H,3,5,7H2;1H,(H,2,3). The van der Waals surface area contributed by atoms with E-state index in [1.807, 2.05) is 12.1 Å². The predicted molar refractivity (Wildman–Crippen MR) is 49.0 cm³/mol. The summed E-state index contributed by atoms with van der Waals surface area (Å²) >= 11 is 0. The summed E-state index contributed by atoms with van der Waals surface area (Å²) in [5, 5.41) is 6.89. The number of rotatable bonds is 0. The quantitative estimate of drug-likeness (QED) is 0.618. The summed E-state index contributed by atoms with van der Waals surface area (Å²) in [6, 6.07) is 8.25. The number of para-hydroxylation sites is 1. The van der Waals surface area contributed by atoms with Gasteiger partial charge in [-0.05, 0) is 24.5 Å². The van der Waals surface area contributed by atoms with Crippen LogP contribution in [0.5, 0.6) is 5.75 Å². The Morgan fingerprint density at radius 2 is 2.08 bits per heavy atom. The highest BCUT2D eigenvalue weighted by atomic mass is 16.5. The minimum absolute atomic E-state index is 0.250. The van der Waals surface area contributed by atoms with Crippen LogP contribution in [0.15, 0.2) is 24.3 Å². The molecule has 1 aromatic carbocycles. The summed E-state index contributed by atoms with van der Waals surface area (Å²) in [5.41, 5.74) is 1.36. The van der Waals surface area contributed by atoms with Gasteiger partial charge in [0.05, 0.1) is 6.61 Å². The van der Waals surface area contributed by atoms with Crippen molar-refractivity contribution >= 4 is 6.47 Å². The van der Waals surface area contributed by atoms with Crippen molar-refractivity contribution in [3.63, 3.8) is 0 Å². The van der Waals surface area contributed by atoms with Crippen LogP contribution in [0.25, 0.3) is 0 Å². The Bertz CT molecular complexity index is 246. The minimum Gasteiger partial charge on any atom is -0.493 e. The van der Waals surface area contributed by atoms with Crippen molar-refractivity contribution in [2.45, 2.75) is 12.8 Å². The Balaban J connectivity index is 0.000000251. The summed E-state index contributed by atoms with van der Waals surface area (Å²) in [5.74, 6) is 1.08. The zero-order valence-electron chi connectivity index (χ0n) is 7.27. The third kappa shape index (κ3) is 2.78. The number of ether oxygens (including phenoxy) is 1. The van der Waals surface area contributed by atoms with Gasteiger partial charge in [0.25, 0.3) is 6.47 Å². The Morgan fingerprint density at radius 3 is 2.77 bits per heavy atom. The van der Waals surface area contributed by atoms with Gasteiger partial charge in [-0.2, -0.15) is 0 Å². The lowest BCUT2D eigenvalue weighted by Crippen LogP contribution is -2.07. The number of aryl methyl sites for hydroxylation is 1. The van der Waals surface area contributed by atoms with Crippen molar-refractivity contribution in [1.29, 1.82) is 0 Å². The summed E-state index contributed by atoms with van der Waals surface area (Å²) in [6.45, 7) is 0.636. The number of hydrogen-bond donors (Lipinski definition) is 1. The number of benzene rings is 1. The molecule has 0 spiro atoms. The van der Waals surface area contributed by atoms with E-state index in [9.17, 15) is 0 Å². The number of carboxylic acid groups (broad SMARTS) is 1. The third-order valence-corrected chi connectivity index (χ3v) is 1.82. The fraction of sp³-hybridized carbons (Fsp3) is 0.300. The van der Waals surface area contributed by atoms with Gasteiger partial charge in [-0.15, -0.1) is 0 Å². The van der Waals surface area contributed by atoms with Crippen LogP contribution in [0.2, 0.25) is 0 Å². The van der Waals surface area contributed by atoms with Gasteiger partial charge in [0.2, 0.25) is 0 Å². The van der Waals surface area contributed by atoms with Crippen LogP contribution in [-0.2, 0) is 11.2 Å². The maximum absolute atomic E-state index is 8.36. The largest absolute Gasteiger partial charge is 0.493 e. The average Bonchev–Trinajstić information content (AvgIpc) is 2.19. The maximum Gasteiger partial charge on any atom is 0.290 e. The second-order valence-corrected chi connectivity index (χ2v) is 2.67. The summed E-state index contributed by atoms with van der Waals surface area (Å²) in [4.78, 5) is 8.36. The van der Waals surface area contributed by atoms with Crippen LogP contribution < -0.4 is 4.74 Å². The molecule has 3 heteroatoms. The molecular formula is C10H12O3. The molecule has 0 amide bonds. The molecule has 0 saturated carbocycles. The lowest BCUT2D eigenvalue weighted by Gasteiger charge is -2.15. The SMILES string of the molecule is O=CO.c1ccc2c(c1)CCCO2. The van der Waals surface area contributed by atoms with E-state index in [1.165, 1.54) is 12.0 Å². The van der Waals surface area contributed by atoms with Crippen LogP contribution in [0, 0.1) is 0 Å². The van der Waals surface area contributed by atoms with E-state index in [-0.39, 0.29) is 6.47 Å². The number of carbonyl (C=O) groups is 1. The normalized spacial score (nSPS) is 12.9. The van der Waals surface area contributed by atoms with Crippen LogP contribution >= 0.6 is 0 Å². The molecule has 0 saturated heterocycles. The van der Waals surface area contributed by atoms with Crippen molar-refractivity contribution in [2.24, 2.45) is 0 Å². The molecule has 0 aromatic heterocycles. The molecule has 1 N–H and O–H groups in total. The van der Waals surface area contributed by atoms with Gasteiger partial charge in [-0.25, -0.2) is 0 Å². The van der Waals surface area contributed by atoms with Gasteiger partial charge in [-0.3, -0.25) is 4.79 Å². The second-order valence-electron chi connectivity index (χ2n) is 2.67. The van der Waals surface area contributed by atoms with Gasteiger partial charge in [-0.1, -0.05) is 18.2 Å². The first-order chi connectivity index (χ1) is 6.38. The number of fused-ring (bicyclic) bond motifs is 1. The molecule has 0 atom stereocenters. The number of hydrogen-bond acceptors (Lipinski definition) is 2. The Hall–Kier alpha value is -1.51. The molecule has 70 valence electrons. The van der Waals surface area contributed by atoms with Crippen molar-refractivity contribution in [1.82, 2.24) is 0 Å². The van der Waals surface area contributed by atoms with E-state index in [0.717, 1.165) is 18.8 Å². The van der Waals surface area contributed by atoms with Crippen LogP contribution in [0.1, 0.15) is 12.0 Å². The molecular weight excluding hydrogens is 168 g/mol. The fourth-order valence-electron chi connectivity index (χ4n) is 1.30. The molecule has 0 bridgehead atoms. The molecule has 13 heavy (non-hydrogen) atoms. The van der Waals surface area contributed by atoms with Gasteiger partial charge in [0.1, 0.15) is 5.75 Å². The average molecular weight is 180 g/mol. The maximum atomic E-state index is 8.36. The molecule has 0 unspecified atom stereocenters. The van der Waals surface area contributed by atoms with Gasteiger partial charge in [0.15, 0.2) is 0 Å². The molecule has 1 aliphatic rings. The molecule has 1 aromatic rings. The molecule has 1 aliphatic heterocycles. The predicted octanol–water partition coefficient (Wildman–Crippen LogP) is 1.71. The van der Waals surface area contributed by atoms with E-state index >= 15 is 0 Å². The summed E-state index contributed by atoms with van der Waals surface area (Å²) < 4.78 is 5.42.